The molecule has 0 spiro atoms. The molecular formula is C28H56N4O8Sn. The van der Waals surface area contributed by atoms with Crippen LogP contribution in [0.4, 0.5) is 0 Å². The molecule has 0 aromatic rings. The van der Waals surface area contributed by atoms with E-state index in [4.69, 9.17) is 12.3 Å². The summed E-state index contributed by atoms with van der Waals surface area (Å²) in [6, 6.07) is 0. The van der Waals surface area contributed by atoms with E-state index in [9.17, 15) is 19.2 Å². The van der Waals surface area contributed by atoms with Crippen molar-refractivity contribution in [3.63, 3.8) is 0 Å². The van der Waals surface area contributed by atoms with Crippen molar-refractivity contribution in [3.05, 3.63) is 0 Å². The summed E-state index contributed by atoms with van der Waals surface area (Å²) < 4.78 is 22.4. The van der Waals surface area contributed by atoms with Crippen LogP contribution in [0.1, 0.15) is 103 Å². The summed E-state index contributed by atoms with van der Waals surface area (Å²) in [6.45, 7) is 3.29. The summed E-state index contributed by atoms with van der Waals surface area (Å²) in [5.41, 5.74) is 0. The average Bonchev–Trinajstić information content (AvgIpc) is 2.92. The Hall–Kier alpha value is -1.48. The van der Waals surface area contributed by atoms with E-state index < -0.39 is 43.9 Å². The van der Waals surface area contributed by atoms with E-state index in [1.54, 1.807) is 0 Å². The molecule has 0 rings (SSSR count). The van der Waals surface area contributed by atoms with Crippen molar-refractivity contribution >= 4 is 43.9 Å². The van der Waals surface area contributed by atoms with Crippen LogP contribution in [0.2, 0.25) is 0 Å². The Labute approximate surface area is 253 Å². The van der Waals surface area contributed by atoms with Gasteiger partial charge in [-0.05, 0) is 0 Å². The van der Waals surface area contributed by atoms with Gasteiger partial charge in [-0.15, -0.1) is 0 Å². The van der Waals surface area contributed by atoms with Gasteiger partial charge in [0.05, 0.1) is 0 Å². The quantitative estimate of drug-likeness (QED) is 0.0704. The van der Waals surface area contributed by atoms with Crippen molar-refractivity contribution in [2.24, 2.45) is 0 Å². The summed E-state index contributed by atoms with van der Waals surface area (Å²) in [7, 11) is 7.43. The minimum absolute atomic E-state index is 0.0348. The Morgan fingerprint density at radius 3 is 0.805 bits per heavy atom. The van der Waals surface area contributed by atoms with Gasteiger partial charge in [0.25, 0.3) is 0 Å². The molecule has 41 heavy (non-hydrogen) atoms. The van der Waals surface area contributed by atoms with E-state index in [0.717, 1.165) is 77.5 Å². The molecule has 0 unspecified atom stereocenters. The third kappa shape index (κ3) is 23.7. The first-order valence-electron chi connectivity index (χ1n) is 15.3. The van der Waals surface area contributed by atoms with Crippen LogP contribution in [-0.2, 0) is 31.5 Å². The standard InChI is InChI=1S/4C7H15NO2.Sn/c4*1-8-6-4-2-3-5-7(9)10;/h4*8H,2-6H2,1H3,(H,9,10);/q;;;;+4/p-4. The molecule has 0 aliphatic heterocycles. The van der Waals surface area contributed by atoms with Crippen LogP contribution in [-0.4, -0.2) is 98.3 Å². The van der Waals surface area contributed by atoms with Gasteiger partial charge in [0.15, 0.2) is 0 Å². The zero-order chi connectivity index (χ0) is 30.6. The molecule has 0 amide bonds. The van der Waals surface area contributed by atoms with Crippen molar-refractivity contribution in [3.8, 4) is 0 Å². The average molecular weight is 695 g/mol. The number of hydrogen-bond acceptors (Lipinski definition) is 12. The summed E-state index contributed by atoms with van der Waals surface area (Å²) in [5, 5.41) is 12.2. The molecule has 0 atom stereocenters. The SMILES string of the molecule is CNCCCCCC(=O)[O][Sn]([O]C(=O)CCCCCNC)([O]C(=O)CCCCCNC)[O]C(=O)CCCCCNC. The molecular weight excluding hydrogens is 639 g/mol. The van der Waals surface area contributed by atoms with E-state index in [2.05, 4.69) is 21.3 Å². The molecule has 0 aliphatic carbocycles. The monoisotopic (exact) mass is 696 g/mol. The van der Waals surface area contributed by atoms with Gasteiger partial charge in [-0.25, -0.2) is 0 Å². The topological polar surface area (TPSA) is 153 Å². The number of unbranched alkanes of at least 4 members (excludes halogenated alkanes) is 8. The first-order valence-corrected chi connectivity index (χ1v) is 19.9. The van der Waals surface area contributed by atoms with Crippen molar-refractivity contribution < 1.29 is 31.5 Å². The van der Waals surface area contributed by atoms with Crippen molar-refractivity contribution in [1.29, 1.82) is 0 Å². The Bertz CT molecular complexity index is 597. The molecule has 0 heterocycles. The number of nitrogens with one attached hydrogen (secondary N) is 4. The number of rotatable bonds is 28. The van der Waals surface area contributed by atoms with E-state index in [1.165, 1.54) is 0 Å². The maximum atomic E-state index is 12.9. The third-order valence-electron chi connectivity index (χ3n) is 6.19. The van der Waals surface area contributed by atoms with Crippen LogP contribution in [0, 0.1) is 0 Å². The van der Waals surface area contributed by atoms with Crippen molar-refractivity contribution in [1.82, 2.24) is 21.3 Å². The fourth-order valence-corrected chi connectivity index (χ4v) is 8.94. The zero-order valence-corrected chi connectivity index (χ0v) is 28.8. The van der Waals surface area contributed by atoms with Crippen molar-refractivity contribution in [2.75, 3.05) is 54.4 Å². The molecule has 0 aromatic carbocycles. The molecule has 0 aromatic heterocycles. The Kier molecular flexibility index (Phi) is 26.4. The van der Waals surface area contributed by atoms with E-state index in [0.29, 0.717) is 25.7 Å². The van der Waals surface area contributed by atoms with Gasteiger partial charge in [-0.2, -0.15) is 0 Å². The van der Waals surface area contributed by atoms with Gasteiger partial charge < -0.3 is 0 Å². The van der Waals surface area contributed by atoms with Gasteiger partial charge in [-0.1, -0.05) is 0 Å². The number of hydrogen-bond donors (Lipinski definition) is 4. The third-order valence-corrected chi connectivity index (χ3v) is 11.6. The predicted molar refractivity (Wildman–Crippen MR) is 160 cm³/mol. The zero-order valence-electron chi connectivity index (χ0n) is 25.9. The molecule has 0 fully saturated rings. The van der Waals surface area contributed by atoms with Crippen LogP contribution >= 0.6 is 0 Å². The Morgan fingerprint density at radius 2 is 0.610 bits per heavy atom. The normalized spacial score (nSPS) is 11.2. The number of carbonyl (C=O) groups excluding carboxylic acids is 4. The van der Waals surface area contributed by atoms with Crippen LogP contribution in [0.25, 0.3) is 0 Å². The maximum absolute atomic E-state index is 12.9. The first kappa shape index (κ1) is 39.5. The van der Waals surface area contributed by atoms with Crippen LogP contribution in [0.5, 0.6) is 0 Å². The van der Waals surface area contributed by atoms with E-state index in [-0.39, 0.29) is 25.7 Å². The van der Waals surface area contributed by atoms with Crippen LogP contribution in [0.15, 0.2) is 0 Å². The molecule has 0 saturated heterocycles. The molecule has 0 bridgehead atoms. The second kappa shape index (κ2) is 27.4. The second-order valence-corrected chi connectivity index (χ2v) is 15.2. The molecule has 0 radical (unpaired) electrons. The van der Waals surface area contributed by atoms with Gasteiger partial charge in [0, 0.05) is 0 Å². The van der Waals surface area contributed by atoms with Crippen molar-refractivity contribution in [2.45, 2.75) is 103 Å². The van der Waals surface area contributed by atoms with Gasteiger partial charge >= 0.3 is 254 Å². The van der Waals surface area contributed by atoms with Gasteiger partial charge in [0.2, 0.25) is 0 Å². The molecule has 4 N–H and O–H groups in total. The predicted octanol–water partition coefficient (Wildman–Crippen LogP) is 2.71. The van der Waals surface area contributed by atoms with E-state index in [1.807, 2.05) is 28.2 Å². The fraction of sp³-hybridized carbons (Fsp3) is 0.857. The molecule has 0 aliphatic rings. The summed E-state index contributed by atoms with van der Waals surface area (Å²) in [5.74, 6) is -2.79. The summed E-state index contributed by atoms with van der Waals surface area (Å²) in [4.78, 5) is 51.4. The molecule has 0 saturated carbocycles. The van der Waals surface area contributed by atoms with Crippen LogP contribution < -0.4 is 21.3 Å². The molecule has 12 nitrogen and oxygen atoms in total. The van der Waals surface area contributed by atoms with Gasteiger partial charge in [-0.3, -0.25) is 0 Å². The second-order valence-electron chi connectivity index (χ2n) is 10.1. The fourth-order valence-electron chi connectivity index (χ4n) is 3.88. The summed E-state index contributed by atoms with van der Waals surface area (Å²) in [6.07, 6.45) is 8.96. The summed E-state index contributed by atoms with van der Waals surface area (Å²) >= 11 is -5.78. The van der Waals surface area contributed by atoms with Crippen LogP contribution in [0.3, 0.4) is 0 Å². The van der Waals surface area contributed by atoms with Gasteiger partial charge in [0.1, 0.15) is 0 Å². The Morgan fingerprint density at radius 1 is 0.390 bits per heavy atom. The Balaban J connectivity index is 5.59. The molecule has 240 valence electrons. The number of carbonyl (C=O) groups is 4. The first-order chi connectivity index (χ1) is 19.8. The minimum atomic E-state index is -5.78. The molecule has 13 heteroatoms. The van der Waals surface area contributed by atoms with E-state index >= 15 is 0 Å².